The van der Waals surface area contributed by atoms with Crippen molar-refractivity contribution in [1.82, 2.24) is 0 Å². The molecule has 0 bridgehead atoms. The van der Waals surface area contributed by atoms with Crippen LogP contribution in [0.1, 0.15) is 36.9 Å². The maximum Gasteiger partial charge on any atom is 0.122 e. The number of nitrogens with one attached hydrogen (secondary N) is 1. The fraction of sp³-hybridized carbons (Fsp3) is 0.333. The number of hydrogen-bond donors (Lipinski definition) is 1. The van der Waals surface area contributed by atoms with Crippen LogP contribution in [0.4, 0.5) is 5.69 Å². The number of anilines is 1. The quantitative estimate of drug-likeness (QED) is 0.856. The third-order valence-electron chi connectivity index (χ3n) is 3.81. The van der Waals surface area contributed by atoms with Crippen LogP contribution < -0.4 is 10.1 Å². The maximum absolute atomic E-state index is 5.56. The normalized spacial score (nSPS) is 14.4. The first-order valence-corrected chi connectivity index (χ1v) is 7.44. The summed E-state index contributed by atoms with van der Waals surface area (Å²) >= 11 is 0. The van der Waals surface area contributed by atoms with Crippen LogP contribution in [0.25, 0.3) is 0 Å². The first-order valence-electron chi connectivity index (χ1n) is 7.44. The monoisotopic (exact) mass is 267 g/mol. The molecule has 0 radical (unpaired) electrons. The minimum atomic E-state index is 0.376. The molecule has 0 amide bonds. The van der Waals surface area contributed by atoms with Crippen LogP contribution in [0.3, 0.4) is 0 Å². The summed E-state index contributed by atoms with van der Waals surface area (Å²) in [7, 11) is 0. The average Bonchev–Trinajstić information content (AvgIpc) is 2.95. The second-order valence-electron chi connectivity index (χ2n) is 5.32. The van der Waals surface area contributed by atoms with Gasteiger partial charge in [0.25, 0.3) is 0 Å². The van der Waals surface area contributed by atoms with Crippen molar-refractivity contribution in [2.75, 3.05) is 11.9 Å². The van der Waals surface area contributed by atoms with Crippen molar-refractivity contribution < 1.29 is 4.74 Å². The van der Waals surface area contributed by atoms with E-state index in [9.17, 15) is 0 Å². The lowest BCUT2D eigenvalue weighted by molar-refractivity contribution is 0.357. The summed E-state index contributed by atoms with van der Waals surface area (Å²) in [5.74, 6) is 1.04. The van der Waals surface area contributed by atoms with Gasteiger partial charge in [0.2, 0.25) is 0 Å². The van der Waals surface area contributed by atoms with Crippen LogP contribution in [-0.4, -0.2) is 6.61 Å². The van der Waals surface area contributed by atoms with E-state index >= 15 is 0 Å². The Bertz CT molecular complexity index is 565. The highest BCUT2D eigenvalue weighted by Gasteiger charge is 2.14. The van der Waals surface area contributed by atoms with Gasteiger partial charge in [-0.15, -0.1) is 0 Å². The van der Waals surface area contributed by atoms with Crippen molar-refractivity contribution in [1.29, 1.82) is 0 Å². The van der Waals surface area contributed by atoms with Gasteiger partial charge < -0.3 is 10.1 Å². The van der Waals surface area contributed by atoms with E-state index in [1.807, 2.05) is 0 Å². The zero-order valence-electron chi connectivity index (χ0n) is 11.9. The number of ether oxygens (including phenoxy) is 1. The smallest absolute Gasteiger partial charge is 0.122 e. The molecular weight excluding hydrogens is 246 g/mol. The predicted octanol–water partition coefficient (Wildman–Crippen LogP) is 4.57. The Morgan fingerprint density at radius 2 is 2.00 bits per heavy atom. The van der Waals surface area contributed by atoms with Crippen molar-refractivity contribution >= 4 is 5.69 Å². The van der Waals surface area contributed by atoms with Gasteiger partial charge >= 0.3 is 0 Å². The van der Waals surface area contributed by atoms with Crippen LogP contribution in [0, 0.1) is 0 Å². The summed E-state index contributed by atoms with van der Waals surface area (Å²) in [5, 5.41) is 3.67. The lowest BCUT2D eigenvalue weighted by Crippen LogP contribution is -2.10. The summed E-state index contributed by atoms with van der Waals surface area (Å²) in [5.41, 5.74) is 3.86. The highest BCUT2D eigenvalue weighted by atomic mass is 16.5. The molecule has 0 spiro atoms. The van der Waals surface area contributed by atoms with Crippen molar-refractivity contribution in [3.8, 4) is 5.75 Å². The van der Waals surface area contributed by atoms with Crippen LogP contribution in [-0.2, 0) is 6.42 Å². The topological polar surface area (TPSA) is 21.3 Å². The molecule has 20 heavy (non-hydrogen) atoms. The van der Waals surface area contributed by atoms with Gasteiger partial charge in [-0.1, -0.05) is 43.7 Å². The lowest BCUT2D eigenvalue weighted by Gasteiger charge is -2.20. The molecule has 0 saturated heterocycles. The molecule has 2 aromatic carbocycles. The summed E-state index contributed by atoms with van der Waals surface area (Å²) in [6.45, 7) is 3.05. The van der Waals surface area contributed by atoms with Crippen molar-refractivity contribution in [3.63, 3.8) is 0 Å². The number of hydrogen-bond acceptors (Lipinski definition) is 2. The third-order valence-corrected chi connectivity index (χ3v) is 3.81. The summed E-state index contributed by atoms with van der Waals surface area (Å²) in [6, 6.07) is 17.5. The molecule has 1 unspecified atom stereocenters. The molecule has 0 aromatic heterocycles. The van der Waals surface area contributed by atoms with Crippen LogP contribution in [0.5, 0.6) is 5.75 Å². The standard InChI is InChI=1S/C18H21NO/c1-2-6-17(14-7-4-3-5-8-14)19-16-9-10-18-15(13-16)11-12-20-18/h3-5,7-10,13,17,19H,2,6,11-12H2,1H3. The van der Waals surface area contributed by atoms with E-state index < -0.39 is 0 Å². The molecule has 1 heterocycles. The summed E-state index contributed by atoms with van der Waals surface area (Å²) < 4.78 is 5.56. The van der Waals surface area contributed by atoms with Crippen molar-refractivity contribution in [3.05, 3.63) is 59.7 Å². The van der Waals surface area contributed by atoms with Gasteiger partial charge in [0.15, 0.2) is 0 Å². The Balaban J connectivity index is 1.80. The molecule has 3 rings (SSSR count). The van der Waals surface area contributed by atoms with E-state index in [1.165, 1.54) is 23.2 Å². The van der Waals surface area contributed by atoms with E-state index in [0.717, 1.165) is 25.2 Å². The predicted molar refractivity (Wildman–Crippen MR) is 83.4 cm³/mol. The zero-order valence-corrected chi connectivity index (χ0v) is 11.9. The van der Waals surface area contributed by atoms with E-state index in [4.69, 9.17) is 4.74 Å². The molecule has 1 atom stereocenters. The molecule has 2 heteroatoms. The van der Waals surface area contributed by atoms with Gasteiger partial charge in [0.1, 0.15) is 5.75 Å². The number of rotatable bonds is 5. The highest BCUT2D eigenvalue weighted by molar-refractivity contribution is 5.53. The Labute approximate surface area is 120 Å². The fourth-order valence-electron chi connectivity index (χ4n) is 2.77. The Morgan fingerprint density at radius 1 is 1.15 bits per heavy atom. The van der Waals surface area contributed by atoms with Gasteiger partial charge in [-0.3, -0.25) is 0 Å². The first-order chi connectivity index (χ1) is 9.86. The largest absolute Gasteiger partial charge is 0.493 e. The molecule has 0 aliphatic carbocycles. The van der Waals surface area contributed by atoms with Gasteiger partial charge in [-0.05, 0) is 35.7 Å². The highest BCUT2D eigenvalue weighted by Crippen LogP contribution is 2.30. The Kier molecular flexibility index (Phi) is 3.91. The van der Waals surface area contributed by atoms with E-state index in [-0.39, 0.29) is 0 Å². The Hall–Kier alpha value is -1.96. The first kappa shape index (κ1) is 13.0. The second-order valence-corrected chi connectivity index (χ2v) is 5.32. The number of fused-ring (bicyclic) bond motifs is 1. The fourth-order valence-corrected chi connectivity index (χ4v) is 2.77. The zero-order chi connectivity index (χ0) is 13.8. The second kappa shape index (κ2) is 6.00. The molecule has 0 fully saturated rings. The molecule has 0 saturated carbocycles. The SMILES string of the molecule is CCCC(Nc1ccc2c(c1)CCO2)c1ccccc1. The van der Waals surface area contributed by atoms with Gasteiger partial charge in [-0.2, -0.15) is 0 Å². The van der Waals surface area contributed by atoms with Gasteiger partial charge in [0, 0.05) is 12.1 Å². The van der Waals surface area contributed by atoms with Gasteiger partial charge in [-0.25, -0.2) is 0 Å². The van der Waals surface area contributed by atoms with Crippen LogP contribution >= 0.6 is 0 Å². The average molecular weight is 267 g/mol. The minimum absolute atomic E-state index is 0.376. The summed E-state index contributed by atoms with van der Waals surface area (Å²) in [4.78, 5) is 0. The maximum atomic E-state index is 5.56. The minimum Gasteiger partial charge on any atom is -0.493 e. The Morgan fingerprint density at radius 3 is 2.80 bits per heavy atom. The summed E-state index contributed by atoms with van der Waals surface area (Å²) in [6.07, 6.45) is 3.33. The molecule has 104 valence electrons. The molecule has 2 nitrogen and oxygen atoms in total. The van der Waals surface area contributed by atoms with E-state index in [0.29, 0.717) is 6.04 Å². The third kappa shape index (κ3) is 2.79. The van der Waals surface area contributed by atoms with Crippen molar-refractivity contribution in [2.45, 2.75) is 32.2 Å². The van der Waals surface area contributed by atoms with Crippen molar-refractivity contribution in [2.24, 2.45) is 0 Å². The van der Waals surface area contributed by atoms with E-state index in [2.05, 4.69) is 60.8 Å². The lowest BCUT2D eigenvalue weighted by atomic mass is 10.0. The van der Waals surface area contributed by atoms with E-state index in [1.54, 1.807) is 0 Å². The van der Waals surface area contributed by atoms with Crippen LogP contribution in [0.15, 0.2) is 48.5 Å². The molecule has 1 N–H and O–H groups in total. The molecule has 1 aliphatic heterocycles. The number of benzene rings is 2. The molecule has 1 aliphatic rings. The van der Waals surface area contributed by atoms with Gasteiger partial charge in [0.05, 0.1) is 12.6 Å². The molecular formula is C18H21NO. The van der Waals surface area contributed by atoms with Crippen LogP contribution in [0.2, 0.25) is 0 Å². The molecule has 2 aromatic rings.